The molecule has 2 heterocycles. The van der Waals surface area contributed by atoms with Gasteiger partial charge in [0.1, 0.15) is 12.4 Å². The molecule has 8 heteroatoms. The van der Waals surface area contributed by atoms with Gasteiger partial charge in [0.25, 0.3) is 5.82 Å². The van der Waals surface area contributed by atoms with E-state index in [-0.39, 0.29) is 10.7 Å². The predicted octanol–water partition coefficient (Wildman–Crippen LogP) is 4.69. The molecule has 160 valence electrons. The molecule has 1 N–H and O–H groups in total. The summed E-state index contributed by atoms with van der Waals surface area (Å²) in [6.07, 6.45) is 6.78. The van der Waals surface area contributed by atoms with E-state index in [0.29, 0.717) is 22.8 Å². The quantitative estimate of drug-likeness (QED) is 0.444. The highest BCUT2D eigenvalue weighted by Crippen LogP contribution is 2.26. The van der Waals surface area contributed by atoms with Gasteiger partial charge in [-0.25, -0.2) is 18.7 Å². The Balaban J connectivity index is 1.84. The largest absolute Gasteiger partial charge is 0.296 e. The van der Waals surface area contributed by atoms with Crippen LogP contribution in [0.3, 0.4) is 0 Å². The van der Waals surface area contributed by atoms with Crippen LogP contribution >= 0.6 is 0 Å². The topological polar surface area (TPSA) is 84.2 Å². The summed E-state index contributed by atoms with van der Waals surface area (Å²) >= 11 is 0. The Kier molecular flexibility index (Phi) is 5.84. The average molecular weight is 437 g/mol. The molecule has 0 fully saturated rings. The summed E-state index contributed by atoms with van der Waals surface area (Å²) in [5, 5.41) is 0. The van der Waals surface area contributed by atoms with Gasteiger partial charge >= 0.3 is 0 Å². The SMILES string of the molecule is Cc1ccc(S(=O)(O)=Nc2nc3ccccc3nc2-n2cc[n+](CCC(C)C)c2)cc1. The molecule has 0 aliphatic carbocycles. The Morgan fingerprint density at radius 2 is 1.77 bits per heavy atom. The number of nitrogens with zero attached hydrogens (tertiary/aromatic N) is 5. The van der Waals surface area contributed by atoms with E-state index in [1.54, 1.807) is 28.8 Å². The third kappa shape index (κ3) is 4.81. The van der Waals surface area contributed by atoms with E-state index in [0.717, 1.165) is 18.5 Å². The summed E-state index contributed by atoms with van der Waals surface area (Å²) in [7, 11) is -3.69. The minimum atomic E-state index is -3.69. The predicted molar refractivity (Wildman–Crippen MR) is 121 cm³/mol. The second-order valence-electron chi connectivity index (χ2n) is 8.00. The highest BCUT2D eigenvalue weighted by atomic mass is 32.2. The van der Waals surface area contributed by atoms with Crippen LogP contribution in [0.25, 0.3) is 16.9 Å². The average Bonchev–Trinajstić information content (AvgIpc) is 3.20. The maximum Gasteiger partial charge on any atom is 0.272 e. The molecule has 0 aliphatic heterocycles. The van der Waals surface area contributed by atoms with Crippen LogP contribution in [-0.4, -0.2) is 23.3 Å². The lowest BCUT2D eigenvalue weighted by atomic mass is 10.1. The molecule has 4 rings (SSSR count). The number of rotatable bonds is 6. The summed E-state index contributed by atoms with van der Waals surface area (Å²) in [6.45, 7) is 7.17. The van der Waals surface area contributed by atoms with Crippen LogP contribution < -0.4 is 4.57 Å². The molecule has 31 heavy (non-hydrogen) atoms. The molecule has 0 bridgehead atoms. The van der Waals surface area contributed by atoms with Crippen molar-refractivity contribution in [3.8, 4) is 5.82 Å². The van der Waals surface area contributed by atoms with Gasteiger partial charge in [-0.2, -0.15) is 4.57 Å². The van der Waals surface area contributed by atoms with Gasteiger partial charge in [0.2, 0.25) is 12.1 Å². The molecule has 0 aliphatic rings. The van der Waals surface area contributed by atoms with E-state index < -0.39 is 10.0 Å². The third-order valence-corrected chi connectivity index (χ3v) is 6.28. The van der Waals surface area contributed by atoms with Crippen molar-refractivity contribution >= 4 is 26.9 Å². The summed E-state index contributed by atoms with van der Waals surface area (Å²) in [6, 6.07) is 14.2. The first-order valence-electron chi connectivity index (χ1n) is 10.2. The number of hydrogen-bond acceptors (Lipinski definition) is 4. The van der Waals surface area contributed by atoms with Crippen molar-refractivity contribution in [2.45, 2.75) is 38.6 Å². The number of para-hydroxylation sites is 2. The molecule has 0 amide bonds. The lowest BCUT2D eigenvalue weighted by molar-refractivity contribution is -0.697. The minimum absolute atomic E-state index is 0.124. The zero-order chi connectivity index (χ0) is 22.0. The molecule has 0 radical (unpaired) electrons. The van der Waals surface area contributed by atoms with E-state index in [4.69, 9.17) is 4.98 Å². The number of fused-ring (bicyclic) bond motifs is 1. The number of aromatic nitrogens is 4. The van der Waals surface area contributed by atoms with Crippen molar-refractivity contribution in [2.24, 2.45) is 10.3 Å². The third-order valence-electron chi connectivity index (χ3n) is 4.97. The van der Waals surface area contributed by atoms with Gasteiger partial charge in [0.05, 0.1) is 22.5 Å². The molecule has 1 unspecified atom stereocenters. The summed E-state index contributed by atoms with van der Waals surface area (Å²) in [4.78, 5) is 9.50. The van der Waals surface area contributed by atoms with Gasteiger partial charge < -0.3 is 0 Å². The maximum absolute atomic E-state index is 13.1. The van der Waals surface area contributed by atoms with Crippen LogP contribution in [0.2, 0.25) is 0 Å². The van der Waals surface area contributed by atoms with E-state index in [1.165, 1.54) is 0 Å². The number of benzene rings is 2. The van der Waals surface area contributed by atoms with Crippen LogP contribution in [0, 0.1) is 12.8 Å². The molecule has 4 aromatic rings. The first-order chi connectivity index (χ1) is 14.8. The first-order valence-corrected chi connectivity index (χ1v) is 11.7. The Morgan fingerprint density at radius 3 is 2.45 bits per heavy atom. The van der Waals surface area contributed by atoms with Crippen molar-refractivity contribution < 1.29 is 13.3 Å². The van der Waals surface area contributed by atoms with Crippen LogP contribution in [0.1, 0.15) is 25.8 Å². The molecule has 1 atom stereocenters. The lowest BCUT2D eigenvalue weighted by Crippen LogP contribution is -2.31. The summed E-state index contributed by atoms with van der Waals surface area (Å²) < 4.78 is 31.8. The van der Waals surface area contributed by atoms with Gasteiger partial charge in [-0.3, -0.25) is 4.55 Å². The molecule has 2 aromatic heterocycles. The van der Waals surface area contributed by atoms with Crippen LogP contribution in [0.5, 0.6) is 0 Å². The van der Waals surface area contributed by atoms with Crippen molar-refractivity contribution in [3.05, 3.63) is 72.8 Å². The fourth-order valence-electron chi connectivity index (χ4n) is 3.16. The highest BCUT2D eigenvalue weighted by Gasteiger charge is 2.19. The molecule has 2 aromatic carbocycles. The number of imidazole rings is 1. The molecular weight excluding hydrogens is 410 g/mol. The second-order valence-corrected chi connectivity index (χ2v) is 9.65. The second kappa shape index (κ2) is 8.56. The number of hydrogen-bond donors (Lipinski definition) is 1. The Bertz CT molecular complexity index is 1340. The lowest BCUT2D eigenvalue weighted by Gasteiger charge is -2.06. The minimum Gasteiger partial charge on any atom is -0.296 e. The van der Waals surface area contributed by atoms with E-state index in [2.05, 4.69) is 27.8 Å². The van der Waals surface area contributed by atoms with Crippen molar-refractivity contribution in [1.82, 2.24) is 14.5 Å². The van der Waals surface area contributed by atoms with E-state index in [9.17, 15) is 8.76 Å². The molecule has 7 nitrogen and oxygen atoms in total. The van der Waals surface area contributed by atoms with Gasteiger partial charge in [-0.1, -0.05) is 43.7 Å². The van der Waals surface area contributed by atoms with Crippen LogP contribution in [0.4, 0.5) is 5.82 Å². The molecule has 0 spiro atoms. The monoisotopic (exact) mass is 436 g/mol. The van der Waals surface area contributed by atoms with E-state index >= 15 is 0 Å². The Hall–Kier alpha value is -3.10. The number of aryl methyl sites for hydroxylation is 2. The summed E-state index contributed by atoms with van der Waals surface area (Å²) in [5.74, 6) is 1.13. The van der Waals surface area contributed by atoms with Crippen molar-refractivity contribution in [2.75, 3.05) is 0 Å². The molecule has 0 saturated carbocycles. The normalized spacial score (nSPS) is 13.5. The fraction of sp³-hybridized carbons (Fsp3) is 0.261. The van der Waals surface area contributed by atoms with Gasteiger partial charge in [0, 0.05) is 0 Å². The maximum atomic E-state index is 13.1. The van der Waals surface area contributed by atoms with Crippen LogP contribution in [-0.2, 0) is 16.6 Å². The smallest absolute Gasteiger partial charge is 0.272 e. The standard InChI is InChI=1S/C23H25N5O2S/c1-17(2)12-13-27-14-15-28(16-27)23-22(24-20-6-4-5-7-21(20)25-23)26-31(29,30)19-10-8-18(3)9-11-19/h4-11,14-17H,12-13H2,1-3H3/p+1. The van der Waals surface area contributed by atoms with Crippen molar-refractivity contribution in [3.63, 3.8) is 0 Å². The van der Waals surface area contributed by atoms with Gasteiger partial charge in [-0.15, -0.1) is 4.36 Å². The Labute approximate surface area is 182 Å². The molecule has 0 saturated heterocycles. The fourth-order valence-corrected chi connectivity index (χ4v) is 4.11. The van der Waals surface area contributed by atoms with Gasteiger partial charge in [-0.05, 0) is 43.5 Å². The molecular formula is C23H26N5O2S+. The van der Waals surface area contributed by atoms with E-state index in [1.807, 2.05) is 49.9 Å². The van der Waals surface area contributed by atoms with Gasteiger partial charge in [0.15, 0.2) is 10.0 Å². The highest BCUT2D eigenvalue weighted by molar-refractivity contribution is 7.88. The zero-order valence-corrected chi connectivity index (χ0v) is 18.7. The first kappa shape index (κ1) is 21.1. The zero-order valence-electron chi connectivity index (χ0n) is 17.8. The summed E-state index contributed by atoms with van der Waals surface area (Å²) in [5.41, 5.74) is 2.31. The van der Waals surface area contributed by atoms with Crippen molar-refractivity contribution in [1.29, 1.82) is 0 Å². The van der Waals surface area contributed by atoms with Crippen LogP contribution in [0.15, 0.2) is 76.5 Å². The Morgan fingerprint density at radius 1 is 1.10 bits per heavy atom.